The predicted octanol–water partition coefficient (Wildman–Crippen LogP) is 2.38. The number of hydrogen-bond donors (Lipinski definition) is 1. The summed E-state index contributed by atoms with van der Waals surface area (Å²) in [4.78, 5) is 0. The third-order valence-electron chi connectivity index (χ3n) is 0.288. The van der Waals surface area contributed by atoms with E-state index in [9.17, 15) is 0 Å². The van der Waals surface area contributed by atoms with Gasteiger partial charge < -0.3 is 4.72 Å². The minimum Gasteiger partial charge on any atom is -0.327 e. The maximum atomic E-state index is 2.92. The highest BCUT2D eigenvalue weighted by Crippen LogP contribution is 2.22. The molecule has 0 bridgehead atoms. The van der Waals surface area contributed by atoms with Gasteiger partial charge in [-0.25, -0.2) is 0 Å². The van der Waals surface area contributed by atoms with E-state index in [2.05, 4.69) is 4.72 Å². The molecule has 0 aromatic rings. The van der Waals surface area contributed by atoms with Crippen molar-refractivity contribution in [1.29, 1.82) is 0 Å². The third-order valence-corrected chi connectivity index (χ3v) is 1.77. The Kier molecular flexibility index (Phi) is 6.45. The van der Waals surface area contributed by atoms with Crippen LogP contribution in [0.2, 0.25) is 0 Å². The summed E-state index contributed by atoms with van der Waals surface area (Å²) in [5.41, 5.74) is 0. The van der Waals surface area contributed by atoms with E-state index in [4.69, 9.17) is 0 Å². The maximum absolute atomic E-state index is 2.92. The van der Waals surface area contributed by atoms with Crippen LogP contribution in [0.3, 0.4) is 0 Å². The molecular formula is C4H9NS2. The highest BCUT2D eigenvalue weighted by Gasteiger charge is 1.83. The Hall–Kier alpha value is 0.240. The summed E-state index contributed by atoms with van der Waals surface area (Å²) >= 11 is 0. The molecule has 1 rings (SSSR count). The Bertz CT molecular complexity index is 47.7. The van der Waals surface area contributed by atoms with Gasteiger partial charge in [-0.05, 0) is 10.8 Å². The van der Waals surface area contributed by atoms with E-state index in [1.54, 1.807) is 21.8 Å². The molecule has 0 amide bonds. The molecule has 42 valence electrons. The first-order valence-corrected chi connectivity index (χ1v) is 4.44. The highest BCUT2D eigenvalue weighted by atomic mass is 33.1. The summed E-state index contributed by atoms with van der Waals surface area (Å²) in [6, 6.07) is 0. The molecular weight excluding hydrogens is 126 g/mol. The fraction of sp³-hybridized carbons (Fsp3) is 0.500. The van der Waals surface area contributed by atoms with Crippen LogP contribution in [0.15, 0.2) is 11.6 Å². The Labute approximate surface area is 52.5 Å². The minimum atomic E-state index is 1.63. The van der Waals surface area contributed by atoms with E-state index in [1.165, 1.54) is 0 Å². The summed E-state index contributed by atoms with van der Waals surface area (Å²) in [5, 5.41) is 2.00. The van der Waals surface area contributed by atoms with Crippen molar-refractivity contribution in [3.05, 3.63) is 11.6 Å². The van der Waals surface area contributed by atoms with E-state index < -0.39 is 0 Å². The molecule has 0 saturated heterocycles. The Balaban J connectivity index is 0.000000162. The molecule has 1 aliphatic rings. The van der Waals surface area contributed by atoms with Crippen molar-refractivity contribution in [1.82, 2.24) is 4.72 Å². The molecule has 0 unspecified atom stereocenters. The summed E-state index contributed by atoms with van der Waals surface area (Å²) in [5.74, 6) is 0. The first kappa shape index (κ1) is 7.24. The van der Waals surface area contributed by atoms with Gasteiger partial charge in [0.05, 0.1) is 0 Å². The van der Waals surface area contributed by atoms with Gasteiger partial charge in [0.2, 0.25) is 0 Å². The van der Waals surface area contributed by atoms with E-state index >= 15 is 0 Å². The lowest BCUT2D eigenvalue weighted by molar-refractivity contribution is 1.46. The molecule has 0 aliphatic carbocycles. The average Bonchev–Trinajstić information content (AvgIpc) is 2.23. The second-order valence-electron chi connectivity index (χ2n) is 0.600. The van der Waals surface area contributed by atoms with Crippen LogP contribution in [-0.2, 0) is 0 Å². The van der Waals surface area contributed by atoms with Crippen molar-refractivity contribution in [2.45, 2.75) is 13.8 Å². The van der Waals surface area contributed by atoms with Crippen LogP contribution in [-0.4, -0.2) is 0 Å². The molecule has 1 aliphatic heterocycles. The summed E-state index contributed by atoms with van der Waals surface area (Å²) < 4.78 is 2.92. The molecule has 0 fully saturated rings. The van der Waals surface area contributed by atoms with E-state index in [1.807, 2.05) is 25.5 Å². The molecule has 3 heteroatoms. The zero-order valence-electron chi connectivity index (χ0n) is 4.47. The first-order valence-electron chi connectivity index (χ1n) is 2.23. The zero-order valence-corrected chi connectivity index (χ0v) is 6.10. The van der Waals surface area contributed by atoms with Gasteiger partial charge in [0.25, 0.3) is 0 Å². The SMILES string of the molecule is C1=CSSN1.CC. The van der Waals surface area contributed by atoms with Crippen molar-refractivity contribution in [3.63, 3.8) is 0 Å². The van der Waals surface area contributed by atoms with Crippen LogP contribution in [0, 0.1) is 0 Å². The topological polar surface area (TPSA) is 12.0 Å². The van der Waals surface area contributed by atoms with Gasteiger partial charge in [0.15, 0.2) is 0 Å². The number of hydrogen-bond acceptors (Lipinski definition) is 3. The van der Waals surface area contributed by atoms with Gasteiger partial charge in [-0.15, -0.1) is 0 Å². The maximum Gasteiger partial charge on any atom is 0.0229 e. The summed E-state index contributed by atoms with van der Waals surface area (Å²) in [6.45, 7) is 4.00. The monoisotopic (exact) mass is 135 g/mol. The predicted molar refractivity (Wildman–Crippen MR) is 38.8 cm³/mol. The number of nitrogens with one attached hydrogen (secondary N) is 1. The Morgan fingerprint density at radius 3 is 2.29 bits per heavy atom. The van der Waals surface area contributed by atoms with Crippen LogP contribution in [0.5, 0.6) is 0 Å². The highest BCUT2D eigenvalue weighted by molar-refractivity contribution is 8.77. The third kappa shape index (κ3) is 4.09. The molecule has 7 heavy (non-hydrogen) atoms. The molecule has 0 spiro atoms. The van der Waals surface area contributed by atoms with Gasteiger partial charge in [0, 0.05) is 22.6 Å². The van der Waals surface area contributed by atoms with Crippen LogP contribution in [0.25, 0.3) is 0 Å². The van der Waals surface area contributed by atoms with Crippen LogP contribution < -0.4 is 4.72 Å². The molecule has 1 heterocycles. The fourth-order valence-electron chi connectivity index (χ4n) is 0.139. The fourth-order valence-corrected chi connectivity index (χ4v) is 1.25. The van der Waals surface area contributed by atoms with E-state index in [-0.39, 0.29) is 0 Å². The summed E-state index contributed by atoms with van der Waals surface area (Å²) in [7, 11) is 3.33. The van der Waals surface area contributed by atoms with Crippen LogP contribution in [0.1, 0.15) is 13.8 Å². The molecule has 0 atom stereocenters. The van der Waals surface area contributed by atoms with Crippen LogP contribution >= 0.6 is 21.8 Å². The van der Waals surface area contributed by atoms with Gasteiger partial charge in [-0.1, -0.05) is 13.8 Å². The quantitative estimate of drug-likeness (QED) is 0.404. The molecule has 1 nitrogen and oxygen atoms in total. The van der Waals surface area contributed by atoms with Gasteiger partial charge in [-0.2, -0.15) is 0 Å². The van der Waals surface area contributed by atoms with Crippen molar-refractivity contribution in [2.75, 3.05) is 0 Å². The normalized spacial score (nSPS) is 14.6. The molecule has 0 saturated carbocycles. The lowest BCUT2D eigenvalue weighted by atomic mass is 11.0. The van der Waals surface area contributed by atoms with Gasteiger partial charge in [0.1, 0.15) is 0 Å². The second kappa shape index (κ2) is 6.24. The lowest BCUT2D eigenvalue weighted by Crippen LogP contribution is -1.76. The zero-order chi connectivity index (χ0) is 5.54. The second-order valence-corrected chi connectivity index (χ2v) is 2.54. The minimum absolute atomic E-state index is 1.63. The van der Waals surface area contributed by atoms with Crippen LogP contribution in [0.4, 0.5) is 0 Å². The van der Waals surface area contributed by atoms with Gasteiger partial charge >= 0.3 is 0 Å². The number of rotatable bonds is 0. The molecule has 0 aromatic heterocycles. The van der Waals surface area contributed by atoms with Gasteiger partial charge in [-0.3, -0.25) is 0 Å². The van der Waals surface area contributed by atoms with Crippen molar-refractivity contribution in [3.8, 4) is 0 Å². The van der Waals surface area contributed by atoms with E-state index in [0.717, 1.165) is 0 Å². The van der Waals surface area contributed by atoms with Crippen molar-refractivity contribution < 1.29 is 0 Å². The molecule has 0 aromatic carbocycles. The largest absolute Gasteiger partial charge is 0.327 e. The lowest BCUT2D eigenvalue weighted by Gasteiger charge is -1.75. The molecule has 0 radical (unpaired) electrons. The first-order chi connectivity index (χ1) is 3.50. The van der Waals surface area contributed by atoms with Crippen molar-refractivity contribution >= 4 is 21.8 Å². The Morgan fingerprint density at radius 1 is 1.43 bits per heavy atom. The van der Waals surface area contributed by atoms with E-state index in [0.29, 0.717) is 0 Å². The van der Waals surface area contributed by atoms with Crippen molar-refractivity contribution in [2.24, 2.45) is 0 Å². The average molecular weight is 135 g/mol. The standard InChI is InChI=1S/C2H3NS2.C2H6/c1-2-4-5-3-1;1-2/h1-3H;1-2H3. The smallest absolute Gasteiger partial charge is 0.0229 e. The molecule has 1 N–H and O–H groups in total. The Morgan fingerprint density at radius 2 is 2.14 bits per heavy atom. The summed E-state index contributed by atoms with van der Waals surface area (Å²) in [6.07, 6.45) is 1.91.